The Morgan fingerprint density at radius 3 is 2.17 bits per heavy atom. The van der Waals surface area contributed by atoms with Crippen LogP contribution in [0.3, 0.4) is 0 Å². The maximum Gasteiger partial charge on any atom is -0.0295 e. The Bertz CT molecular complexity index is 129. The molecule has 1 aliphatic rings. The quantitative estimate of drug-likeness (QED) is 0.588. The van der Waals surface area contributed by atoms with Gasteiger partial charge in [-0.05, 0) is 36.5 Å². The van der Waals surface area contributed by atoms with Crippen molar-refractivity contribution in [1.82, 2.24) is 0 Å². The summed E-state index contributed by atoms with van der Waals surface area (Å²) in [6, 6.07) is 0. The first-order chi connectivity index (χ1) is 5.63. The minimum absolute atomic E-state index is 0.768. The van der Waals surface area contributed by atoms with E-state index in [2.05, 4.69) is 27.7 Å². The average molecular weight is 168 g/mol. The molecule has 1 aliphatic carbocycles. The predicted molar refractivity (Wildman–Crippen MR) is 55.2 cm³/mol. The van der Waals surface area contributed by atoms with E-state index in [1.807, 2.05) is 0 Å². The van der Waals surface area contributed by atoms with Crippen molar-refractivity contribution in [1.29, 1.82) is 0 Å². The van der Waals surface area contributed by atoms with E-state index < -0.39 is 0 Å². The Morgan fingerprint density at radius 2 is 1.83 bits per heavy atom. The van der Waals surface area contributed by atoms with Crippen molar-refractivity contribution in [2.75, 3.05) is 0 Å². The van der Waals surface area contributed by atoms with Crippen LogP contribution in [0.1, 0.15) is 59.8 Å². The second kappa shape index (κ2) is 3.81. The molecule has 12 heavy (non-hydrogen) atoms. The number of rotatable bonds is 4. The van der Waals surface area contributed by atoms with Crippen LogP contribution in [0.15, 0.2) is 0 Å². The maximum absolute atomic E-state index is 2.37. The van der Waals surface area contributed by atoms with Crippen LogP contribution in [0.25, 0.3) is 0 Å². The van der Waals surface area contributed by atoms with E-state index in [0.717, 1.165) is 17.3 Å². The molecule has 0 heteroatoms. The summed E-state index contributed by atoms with van der Waals surface area (Å²) in [4.78, 5) is 0. The zero-order valence-electron chi connectivity index (χ0n) is 9.19. The Balaban J connectivity index is 2.35. The fourth-order valence-corrected chi connectivity index (χ4v) is 2.72. The largest absolute Gasteiger partial charge is 0.0654 e. The third-order valence-electron chi connectivity index (χ3n) is 3.86. The lowest BCUT2D eigenvalue weighted by molar-refractivity contribution is 0.0130. The van der Waals surface area contributed by atoms with Gasteiger partial charge in [0, 0.05) is 0 Å². The van der Waals surface area contributed by atoms with Crippen LogP contribution < -0.4 is 0 Å². The molecular formula is C12H24. The van der Waals surface area contributed by atoms with Gasteiger partial charge >= 0.3 is 0 Å². The summed E-state index contributed by atoms with van der Waals surface area (Å²) >= 11 is 0. The van der Waals surface area contributed by atoms with Crippen LogP contribution in [0.5, 0.6) is 0 Å². The molecule has 0 radical (unpaired) electrons. The predicted octanol–water partition coefficient (Wildman–Crippen LogP) is 4.25. The summed E-state index contributed by atoms with van der Waals surface area (Å²) in [5, 5.41) is 0. The molecule has 0 atom stereocenters. The maximum atomic E-state index is 2.37. The van der Waals surface area contributed by atoms with E-state index in [1.54, 1.807) is 0 Å². The van der Waals surface area contributed by atoms with Crippen LogP contribution >= 0.6 is 0 Å². The second-order valence-corrected chi connectivity index (χ2v) is 5.02. The Hall–Kier alpha value is 0. The fourth-order valence-electron chi connectivity index (χ4n) is 2.72. The molecule has 0 aromatic rings. The molecule has 0 N–H and O–H groups in total. The second-order valence-electron chi connectivity index (χ2n) is 5.02. The summed E-state index contributed by atoms with van der Waals surface area (Å²) < 4.78 is 0. The van der Waals surface area contributed by atoms with E-state index in [-0.39, 0.29) is 0 Å². The minimum Gasteiger partial charge on any atom is -0.0654 e. The standard InChI is InChI=1S/C12H24/c1-5-7-12(6-2)8-11(9-12)10(3)4/h10-11H,5-9H2,1-4H3. The summed E-state index contributed by atoms with van der Waals surface area (Å²) in [5.74, 6) is 1.96. The molecule has 0 amide bonds. The number of hydrogen-bond acceptors (Lipinski definition) is 0. The third-order valence-corrected chi connectivity index (χ3v) is 3.86. The van der Waals surface area contributed by atoms with Gasteiger partial charge < -0.3 is 0 Å². The van der Waals surface area contributed by atoms with Gasteiger partial charge in [-0.15, -0.1) is 0 Å². The zero-order chi connectivity index (χ0) is 9.19. The van der Waals surface area contributed by atoms with E-state index >= 15 is 0 Å². The van der Waals surface area contributed by atoms with Crippen LogP contribution in [-0.2, 0) is 0 Å². The van der Waals surface area contributed by atoms with Crippen molar-refractivity contribution in [2.24, 2.45) is 17.3 Å². The highest BCUT2D eigenvalue weighted by Gasteiger charge is 2.42. The normalized spacial score (nSPS) is 35.2. The summed E-state index contributed by atoms with van der Waals surface area (Å²) in [5.41, 5.74) is 0.768. The Morgan fingerprint density at radius 1 is 1.25 bits per heavy atom. The smallest absolute Gasteiger partial charge is 0.0295 e. The van der Waals surface area contributed by atoms with Crippen molar-refractivity contribution in [2.45, 2.75) is 59.8 Å². The lowest BCUT2D eigenvalue weighted by atomic mass is 9.56. The first-order valence-electron chi connectivity index (χ1n) is 5.63. The van der Waals surface area contributed by atoms with Crippen LogP contribution in [0.4, 0.5) is 0 Å². The monoisotopic (exact) mass is 168 g/mol. The molecule has 72 valence electrons. The Labute approximate surface area is 77.7 Å². The van der Waals surface area contributed by atoms with Gasteiger partial charge in [-0.25, -0.2) is 0 Å². The highest BCUT2D eigenvalue weighted by atomic mass is 14.5. The average Bonchev–Trinajstić information content (AvgIpc) is 1.95. The van der Waals surface area contributed by atoms with Crippen LogP contribution in [0, 0.1) is 17.3 Å². The molecule has 1 rings (SSSR count). The van der Waals surface area contributed by atoms with Crippen molar-refractivity contribution in [3.8, 4) is 0 Å². The molecule has 0 nitrogen and oxygen atoms in total. The van der Waals surface area contributed by atoms with E-state index in [9.17, 15) is 0 Å². The SMILES string of the molecule is CCCC1(CC)CC(C(C)C)C1. The van der Waals surface area contributed by atoms with Gasteiger partial charge in [0.15, 0.2) is 0 Å². The molecule has 0 heterocycles. The molecule has 0 bridgehead atoms. The first-order valence-corrected chi connectivity index (χ1v) is 5.63. The first kappa shape index (κ1) is 10.1. The highest BCUT2D eigenvalue weighted by Crippen LogP contribution is 2.53. The van der Waals surface area contributed by atoms with Crippen molar-refractivity contribution in [3.05, 3.63) is 0 Å². The zero-order valence-corrected chi connectivity index (χ0v) is 9.19. The molecular weight excluding hydrogens is 144 g/mol. The van der Waals surface area contributed by atoms with Crippen LogP contribution in [0.2, 0.25) is 0 Å². The molecule has 1 fully saturated rings. The van der Waals surface area contributed by atoms with Crippen LogP contribution in [-0.4, -0.2) is 0 Å². The van der Waals surface area contributed by atoms with Gasteiger partial charge in [0.05, 0.1) is 0 Å². The summed E-state index contributed by atoms with van der Waals surface area (Å²) in [7, 11) is 0. The molecule has 0 spiro atoms. The molecule has 0 saturated heterocycles. The number of hydrogen-bond donors (Lipinski definition) is 0. The van der Waals surface area contributed by atoms with E-state index in [4.69, 9.17) is 0 Å². The molecule has 1 saturated carbocycles. The van der Waals surface area contributed by atoms with Gasteiger partial charge in [-0.3, -0.25) is 0 Å². The molecule has 0 aromatic heterocycles. The molecule has 0 aliphatic heterocycles. The molecule has 0 unspecified atom stereocenters. The van der Waals surface area contributed by atoms with E-state index in [0.29, 0.717) is 0 Å². The topological polar surface area (TPSA) is 0 Å². The van der Waals surface area contributed by atoms with Crippen molar-refractivity contribution >= 4 is 0 Å². The van der Waals surface area contributed by atoms with Gasteiger partial charge in [-0.1, -0.05) is 40.5 Å². The lowest BCUT2D eigenvalue weighted by Crippen LogP contribution is -2.39. The summed E-state index contributed by atoms with van der Waals surface area (Å²) in [6.45, 7) is 9.43. The summed E-state index contributed by atoms with van der Waals surface area (Å²) in [6.07, 6.45) is 7.26. The van der Waals surface area contributed by atoms with Gasteiger partial charge in [0.25, 0.3) is 0 Å². The van der Waals surface area contributed by atoms with Crippen molar-refractivity contribution in [3.63, 3.8) is 0 Å². The molecule has 0 aromatic carbocycles. The van der Waals surface area contributed by atoms with Gasteiger partial charge in [-0.2, -0.15) is 0 Å². The highest BCUT2D eigenvalue weighted by molar-refractivity contribution is 4.93. The fraction of sp³-hybridized carbons (Fsp3) is 1.00. The third kappa shape index (κ3) is 1.84. The van der Waals surface area contributed by atoms with Gasteiger partial charge in [0.1, 0.15) is 0 Å². The lowest BCUT2D eigenvalue weighted by Gasteiger charge is -2.49. The van der Waals surface area contributed by atoms with Crippen molar-refractivity contribution < 1.29 is 0 Å². The van der Waals surface area contributed by atoms with Gasteiger partial charge in [0.2, 0.25) is 0 Å². The van der Waals surface area contributed by atoms with E-state index in [1.165, 1.54) is 32.1 Å². The Kier molecular flexibility index (Phi) is 3.20. The minimum atomic E-state index is 0.768.